The maximum absolute atomic E-state index is 14.8. The number of aryl methyl sites for hydroxylation is 1. The molecule has 1 aliphatic rings. The van der Waals surface area contributed by atoms with Gasteiger partial charge in [0.25, 0.3) is 12.0 Å². The number of nitrogens with one attached hydrogen (secondary N) is 1. The Morgan fingerprint density at radius 3 is 2.74 bits per heavy atom. The second-order valence-corrected chi connectivity index (χ2v) is 8.47. The van der Waals surface area contributed by atoms with E-state index in [0.717, 1.165) is 11.0 Å². The number of pyridine rings is 1. The summed E-state index contributed by atoms with van der Waals surface area (Å²) in [5.41, 5.74) is -2.07. The standard InChI is InChI=1S/C24H26F3N5O3/c1-13(15-6-5-7-16(19(15)25)20(26)27)30-21-17-10-18(23(34)31(3)22(17)29-12-28-21)24(35-4)8-9-32(11-24)14(2)33/h5-7,10,12-13,20H,8-9,11H2,1-4H3,(H,28,29,30)/t13-,24-/m1/s1/i2D3. The molecule has 1 amide bonds. The first kappa shape index (κ1) is 20.9. The van der Waals surface area contributed by atoms with Crippen molar-refractivity contribution in [3.8, 4) is 0 Å². The van der Waals surface area contributed by atoms with Gasteiger partial charge in [-0.1, -0.05) is 18.2 Å². The van der Waals surface area contributed by atoms with E-state index in [1.54, 1.807) is 6.92 Å². The number of carbonyl (C=O) groups excluding carboxylic acids is 1. The van der Waals surface area contributed by atoms with E-state index in [1.165, 1.54) is 43.3 Å². The largest absolute Gasteiger partial charge is 0.371 e. The van der Waals surface area contributed by atoms with Gasteiger partial charge in [-0.25, -0.2) is 23.1 Å². The van der Waals surface area contributed by atoms with Crippen LogP contribution in [-0.2, 0) is 22.2 Å². The van der Waals surface area contributed by atoms with E-state index in [0.29, 0.717) is 5.39 Å². The van der Waals surface area contributed by atoms with Crippen LogP contribution in [-0.4, -0.2) is 45.5 Å². The number of anilines is 1. The molecule has 3 heterocycles. The zero-order chi connectivity index (χ0) is 28.0. The molecule has 186 valence electrons. The molecular formula is C24H26F3N5O3. The summed E-state index contributed by atoms with van der Waals surface area (Å²) in [6.07, 6.45) is -1.60. The van der Waals surface area contributed by atoms with E-state index in [4.69, 9.17) is 8.85 Å². The Labute approximate surface area is 204 Å². The predicted molar refractivity (Wildman–Crippen MR) is 124 cm³/mol. The summed E-state index contributed by atoms with van der Waals surface area (Å²) in [5, 5.41) is 3.38. The summed E-state index contributed by atoms with van der Waals surface area (Å²) in [4.78, 5) is 35.3. The summed E-state index contributed by atoms with van der Waals surface area (Å²) in [5.74, 6) is -1.86. The lowest BCUT2D eigenvalue weighted by molar-refractivity contribution is -0.129. The fourth-order valence-corrected chi connectivity index (χ4v) is 4.52. The van der Waals surface area contributed by atoms with Crippen LogP contribution in [0.1, 0.15) is 53.5 Å². The van der Waals surface area contributed by atoms with Gasteiger partial charge in [-0.3, -0.25) is 14.2 Å². The lowest BCUT2D eigenvalue weighted by atomic mass is 9.92. The number of hydrogen-bond donors (Lipinski definition) is 1. The molecule has 0 spiro atoms. The molecule has 2 atom stereocenters. The predicted octanol–water partition coefficient (Wildman–Crippen LogP) is 3.67. The lowest BCUT2D eigenvalue weighted by Gasteiger charge is -2.28. The molecule has 4 rings (SSSR count). The molecular weight excluding hydrogens is 463 g/mol. The minimum absolute atomic E-state index is 0.00239. The van der Waals surface area contributed by atoms with Crippen LogP contribution in [0.25, 0.3) is 11.0 Å². The van der Waals surface area contributed by atoms with Crippen molar-refractivity contribution >= 4 is 22.8 Å². The first-order chi connectivity index (χ1) is 17.8. The summed E-state index contributed by atoms with van der Waals surface area (Å²) in [6.45, 7) is -1.34. The van der Waals surface area contributed by atoms with E-state index < -0.39 is 47.8 Å². The van der Waals surface area contributed by atoms with Crippen molar-refractivity contribution in [3.05, 3.63) is 63.5 Å². The number of rotatable bonds is 6. The fraction of sp³-hybridized carbons (Fsp3) is 0.417. The topological polar surface area (TPSA) is 89.3 Å². The van der Waals surface area contributed by atoms with Crippen molar-refractivity contribution in [2.24, 2.45) is 7.05 Å². The first-order valence-electron chi connectivity index (χ1n) is 12.3. The van der Waals surface area contributed by atoms with Gasteiger partial charge < -0.3 is 15.0 Å². The fourth-order valence-electron chi connectivity index (χ4n) is 4.52. The van der Waals surface area contributed by atoms with Crippen LogP contribution in [0.5, 0.6) is 0 Å². The Bertz CT molecular complexity index is 1450. The number of fused-ring (bicyclic) bond motifs is 1. The van der Waals surface area contributed by atoms with Crippen molar-refractivity contribution in [3.63, 3.8) is 0 Å². The van der Waals surface area contributed by atoms with Gasteiger partial charge in [0.2, 0.25) is 5.91 Å². The number of likely N-dealkylation sites (tertiary alicyclic amines) is 1. The highest BCUT2D eigenvalue weighted by Crippen LogP contribution is 2.36. The molecule has 1 saturated heterocycles. The third-order valence-corrected chi connectivity index (χ3v) is 6.52. The molecule has 8 nitrogen and oxygen atoms in total. The minimum Gasteiger partial charge on any atom is -0.371 e. The zero-order valence-electron chi connectivity index (χ0n) is 22.3. The molecule has 1 N–H and O–H groups in total. The van der Waals surface area contributed by atoms with Crippen LogP contribution < -0.4 is 10.9 Å². The van der Waals surface area contributed by atoms with Gasteiger partial charge in [-0.05, 0) is 13.0 Å². The third kappa shape index (κ3) is 4.24. The van der Waals surface area contributed by atoms with Crippen LogP contribution in [0, 0.1) is 5.82 Å². The van der Waals surface area contributed by atoms with Gasteiger partial charge in [-0.15, -0.1) is 0 Å². The molecule has 0 bridgehead atoms. The molecule has 0 saturated carbocycles. The number of amides is 1. The monoisotopic (exact) mass is 492 g/mol. The van der Waals surface area contributed by atoms with Crippen molar-refractivity contribution < 1.29 is 26.8 Å². The smallest absolute Gasteiger partial charge is 0.266 e. The molecule has 35 heavy (non-hydrogen) atoms. The minimum atomic E-state index is -2.98. The molecule has 0 aliphatic carbocycles. The number of halogens is 3. The third-order valence-electron chi connectivity index (χ3n) is 6.52. The van der Waals surface area contributed by atoms with Crippen LogP contribution in [0.2, 0.25) is 0 Å². The van der Waals surface area contributed by atoms with Crippen LogP contribution in [0.3, 0.4) is 0 Å². The molecule has 2 aromatic heterocycles. The lowest BCUT2D eigenvalue weighted by Crippen LogP contribution is -2.40. The Morgan fingerprint density at radius 2 is 2.06 bits per heavy atom. The van der Waals surface area contributed by atoms with E-state index in [9.17, 15) is 22.8 Å². The number of carbonyl (C=O) groups is 1. The van der Waals surface area contributed by atoms with E-state index in [-0.39, 0.29) is 42.1 Å². The summed E-state index contributed by atoms with van der Waals surface area (Å²) in [6, 6.07) is 4.46. The molecule has 0 radical (unpaired) electrons. The van der Waals surface area contributed by atoms with Crippen LogP contribution >= 0.6 is 0 Å². The average Bonchev–Trinajstić information content (AvgIpc) is 3.30. The molecule has 11 heteroatoms. The van der Waals surface area contributed by atoms with E-state index >= 15 is 0 Å². The second kappa shape index (κ2) is 9.29. The number of hydrogen-bond acceptors (Lipinski definition) is 6. The molecule has 1 fully saturated rings. The number of ether oxygens (including phenoxy) is 1. The number of benzene rings is 1. The average molecular weight is 493 g/mol. The van der Waals surface area contributed by atoms with Gasteiger partial charge in [-0.2, -0.15) is 0 Å². The molecule has 0 unspecified atom stereocenters. The highest BCUT2D eigenvalue weighted by molar-refractivity contribution is 5.87. The highest BCUT2D eigenvalue weighted by atomic mass is 19.3. The summed E-state index contributed by atoms with van der Waals surface area (Å²) in [7, 11) is 2.86. The van der Waals surface area contributed by atoms with Crippen molar-refractivity contribution in [2.75, 3.05) is 25.5 Å². The van der Waals surface area contributed by atoms with E-state index in [1.807, 2.05) is 0 Å². The summed E-state index contributed by atoms with van der Waals surface area (Å²) >= 11 is 0. The maximum Gasteiger partial charge on any atom is 0.266 e. The van der Waals surface area contributed by atoms with Crippen molar-refractivity contribution in [1.29, 1.82) is 0 Å². The normalized spacial score (nSPS) is 20.5. The van der Waals surface area contributed by atoms with E-state index in [2.05, 4.69) is 15.3 Å². The number of nitrogens with zero attached hydrogens (tertiary/aromatic N) is 4. The zero-order valence-corrected chi connectivity index (χ0v) is 19.3. The Balaban J connectivity index is 1.78. The highest BCUT2D eigenvalue weighted by Gasteiger charge is 2.43. The van der Waals surface area contributed by atoms with Gasteiger partial charge in [0.05, 0.1) is 29.1 Å². The van der Waals surface area contributed by atoms with Gasteiger partial charge in [0.15, 0.2) is 0 Å². The number of alkyl halides is 2. The van der Waals surface area contributed by atoms with Gasteiger partial charge >= 0.3 is 0 Å². The van der Waals surface area contributed by atoms with Crippen molar-refractivity contribution in [2.45, 2.75) is 38.3 Å². The Hall–Kier alpha value is -3.47. The molecule has 3 aromatic rings. The van der Waals surface area contributed by atoms with Crippen LogP contribution in [0.15, 0.2) is 35.4 Å². The summed E-state index contributed by atoms with van der Waals surface area (Å²) < 4.78 is 70.5. The molecule has 1 aromatic carbocycles. The van der Waals surface area contributed by atoms with Crippen LogP contribution in [0.4, 0.5) is 19.0 Å². The quantitative estimate of drug-likeness (QED) is 0.565. The van der Waals surface area contributed by atoms with Crippen molar-refractivity contribution in [1.82, 2.24) is 19.4 Å². The number of aromatic nitrogens is 3. The first-order valence-corrected chi connectivity index (χ1v) is 10.8. The van der Waals surface area contributed by atoms with Gasteiger partial charge in [0, 0.05) is 43.7 Å². The Morgan fingerprint density at radius 1 is 1.31 bits per heavy atom. The Kier molecular flexibility index (Phi) is 5.54. The number of methoxy groups -OCH3 is 1. The maximum atomic E-state index is 14.8. The SMILES string of the molecule is [2H]C([2H])([2H])C(=O)N1CC[C@](OC)(c2cc3c(N[C@H](C)c4cccc(C(F)F)c4F)ncnc3n(C)c2=O)C1. The molecule has 1 aliphatic heterocycles. The second-order valence-electron chi connectivity index (χ2n) is 8.47. The van der Waals surface area contributed by atoms with Gasteiger partial charge in [0.1, 0.15) is 29.2 Å².